The summed E-state index contributed by atoms with van der Waals surface area (Å²) >= 11 is 0. The lowest BCUT2D eigenvalue weighted by atomic mass is 10.1. The van der Waals surface area contributed by atoms with Gasteiger partial charge in [0.15, 0.2) is 11.5 Å². The summed E-state index contributed by atoms with van der Waals surface area (Å²) in [5, 5.41) is 7.00. The van der Waals surface area contributed by atoms with Crippen LogP contribution in [-0.2, 0) is 11.2 Å². The Bertz CT molecular complexity index is 729. The number of alkyl halides is 4. The van der Waals surface area contributed by atoms with E-state index in [1.165, 1.54) is 44.2 Å². The Hall–Kier alpha value is -2.07. The van der Waals surface area contributed by atoms with Crippen LogP contribution < -0.4 is 15.2 Å². The molecule has 0 atom stereocenters. The molecule has 3 N–H and O–H groups in total. The number of nitrogens with two attached hydrogens (primary N) is 1. The van der Waals surface area contributed by atoms with Crippen LogP contribution in [0.15, 0.2) is 18.2 Å². The lowest BCUT2D eigenvalue weighted by Gasteiger charge is -2.32. The number of carbonyl (C=O) groups excluding carboxylic acids is 1. The van der Waals surface area contributed by atoms with E-state index in [9.17, 15) is 22.4 Å². The maximum Gasteiger partial charge on any atom is 0.507 e. The molecule has 0 bridgehead atoms. The lowest BCUT2D eigenvalue weighted by molar-refractivity contribution is -0.391. The summed E-state index contributed by atoms with van der Waals surface area (Å²) in [6.45, 7) is 5.32. The Morgan fingerprint density at radius 2 is 1.56 bits per heavy atom. The van der Waals surface area contributed by atoms with Crippen LogP contribution >= 0.6 is 0 Å². The summed E-state index contributed by atoms with van der Waals surface area (Å²) < 4.78 is 60.6. The van der Waals surface area contributed by atoms with Crippen LogP contribution in [0, 0.1) is 0 Å². The number of ether oxygens (including phenoxy) is 2. The van der Waals surface area contributed by atoms with Gasteiger partial charge < -0.3 is 25.2 Å². The first-order chi connectivity index (χ1) is 16.1. The van der Waals surface area contributed by atoms with Gasteiger partial charge in [-0.2, -0.15) is 17.6 Å². The molecule has 0 aromatic heterocycles. The number of primary amides is 1. The largest absolute Gasteiger partial charge is 0.507 e. The van der Waals surface area contributed by atoms with Crippen LogP contribution in [0.3, 0.4) is 0 Å². The molecule has 1 amide bonds. The molecule has 0 unspecified atom stereocenters. The zero-order valence-electron chi connectivity index (χ0n) is 20.1. The zero-order valence-corrected chi connectivity index (χ0v) is 20.1. The first-order valence-electron chi connectivity index (χ1n) is 11.9. The van der Waals surface area contributed by atoms with Crippen molar-refractivity contribution in [1.29, 1.82) is 0 Å². The monoisotopic (exact) mass is 494 g/mol. The molecule has 3 rings (SSSR count). The number of aliphatic hydroxyl groups is 1. The molecule has 196 valence electrons. The molecule has 0 radical (unpaired) electrons. The van der Waals surface area contributed by atoms with Gasteiger partial charge in [-0.1, -0.05) is 38.7 Å². The van der Waals surface area contributed by atoms with Gasteiger partial charge >= 0.3 is 12.2 Å². The first-order valence-corrected chi connectivity index (χ1v) is 11.9. The molecule has 1 aromatic rings. The highest BCUT2D eigenvalue weighted by molar-refractivity contribution is 5.73. The highest BCUT2D eigenvalue weighted by Crippen LogP contribution is 2.47. The van der Waals surface area contributed by atoms with Crippen molar-refractivity contribution in [2.45, 2.75) is 83.3 Å². The fraction of sp³-hybridized carbons (Fsp3) is 0.708. The second-order valence-electron chi connectivity index (χ2n) is 8.30. The number of hydrogen-bond acceptors (Lipinski definition) is 5. The summed E-state index contributed by atoms with van der Waals surface area (Å²) in [6, 6.07) is 4.21. The van der Waals surface area contributed by atoms with Crippen molar-refractivity contribution in [3.63, 3.8) is 0 Å². The number of aliphatic hydroxyl groups excluding tert-OH is 1. The molecular weight excluding hydrogens is 456 g/mol. The van der Waals surface area contributed by atoms with Gasteiger partial charge in [-0.3, -0.25) is 4.79 Å². The highest BCUT2D eigenvalue weighted by atomic mass is 19.3. The predicted molar refractivity (Wildman–Crippen MR) is 122 cm³/mol. The number of halogens is 4. The number of hydrogen-bond donors (Lipinski definition) is 2. The number of amides is 1. The number of aryl methyl sites for hydroxylation is 1. The molecule has 10 heteroatoms. The highest BCUT2D eigenvalue weighted by Gasteiger charge is 2.65. The molecular formula is C24H38F4N2O4. The average Bonchev–Trinajstić information content (AvgIpc) is 3.29. The quantitative estimate of drug-likeness (QED) is 0.349. The van der Waals surface area contributed by atoms with Crippen LogP contribution in [0.2, 0.25) is 0 Å². The number of carbonyl (C=O) groups is 1. The molecule has 1 saturated heterocycles. The van der Waals surface area contributed by atoms with E-state index in [0.717, 1.165) is 51.6 Å². The van der Waals surface area contributed by atoms with Crippen LogP contribution in [0.4, 0.5) is 17.6 Å². The van der Waals surface area contributed by atoms with Gasteiger partial charge in [-0.15, -0.1) is 0 Å². The van der Waals surface area contributed by atoms with Crippen LogP contribution in [-0.4, -0.2) is 54.9 Å². The lowest BCUT2D eigenvalue weighted by Crippen LogP contribution is -2.52. The average molecular weight is 495 g/mol. The van der Waals surface area contributed by atoms with Gasteiger partial charge in [0.25, 0.3) is 0 Å². The van der Waals surface area contributed by atoms with E-state index in [0.29, 0.717) is 12.8 Å². The topological polar surface area (TPSA) is 85.0 Å². The third-order valence-corrected chi connectivity index (χ3v) is 5.49. The van der Waals surface area contributed by atoms with Gasteiger partial charge in [-0.05, 0) is 69.4 Å². The van der Waals surface area contributed by atoms with E-state index in [4.69, 9.17) is 10.8 Å². The fourth-order valence-electron chi connectivity index (χ4n) is 3.68. The van der Waals surface area contributed by atoms with E-state index in [2.05, 4.69) is 21.3 Å². The molecule has 34 heavy (non-hydrogen) atoms. The number of nitrogens with zero attached hydrogens (tertiary/aromatic N) is 1. The van der Waals surface area contributed by atoms with Crippen molar-refractivity contribution in [3.05, 3.63) is 23.8 Å². The van der Waals surface area contributed by atoms with Crippen molar-refractivity contribution in [2.24, 2.45) is 5.73 Å². The minimum Gasteiger partial charge on any atom is -0.421 e. The molecule has 1 fully saturated rings. The number of likely N-dealkylation sites (tertiary alicyclic amines) is 1. The van der Waals surface area contributed by atoms with Gasteiger partial charge in [0, 0.05) is 13.5 Å². The summed E-state index contributed by atoms with van der Waals surface area (Å²) in [4.78, 5) is 12.6. The van der Waals surface area contributed by atoms with Crippen LogP contribution in [0.5, 0.6) is 11.5 Å². The Labute approximate surface area is 199 Å². The molecule has 0 spiro atoms. The van der Waals surface area contributed by atoms with Crippen molar-refractivity contribution in [2.75, 3.05) is 26.7 Å². The second-order valence-corrected chi connectivity index (χ2v) is 8.30. The van der Waals surface area contributed by atoms with E-state index < -0.39 is 12.2 Å². The van der Waals surface area contributed by atoms with Crippen molar-refractivity contribution >= 4 is 5.91 Å². The van der Waals surface area contributed by atoms with Gasteiger partial charge in [0.1, 0.15) is 0 Å². The molecule has 6 nitrogen and oxygen atoms in total. The molecule has 2 aliphatic heterocycles. The maximum absolute atomic E-state index is 13.1. The van der Waals surface area contributed by atoms with Crippen LogP contribution in [0.1, 0.15) is 70.3 Å². The molecule has 0 aliphatic carbocycles. The minimum atomic E-state index is -4.66. The summed E-state index contributed by atoms with van der Waals surface area (Å²) in [5.74, 6) is -0.870. The minimum absolute atomic E-state index is 0.170. The first kappa shape index (κ1) is 30.0. The SMILES string of the molecule is CCCCCCCC(N)=O.CO.FC1(F)Oc2ccc(CCCN3CCCC3)cc2OC1(F)F. The smallest absolute Gasteiger partial charge is 0.421 e. The summed E-state index contributed by atoms with van der Waals surface area (Å²) in [5.41, 5.74) is 5.73. The predicted octanol–water partition coefficient (Wildman–Crippen LogP) is 5.11. The van der Waals surface area contributed by atoms with Gasteiger partial charge in [0.05, 0.1) is 0 Å². The van der Waals surface area contributed by atoms with Crippen LogP contribution in [0.25, 0.3) is 0 Å². The van der Waals surface area contributed by atoms with Crippen molar-refractivity contribution in [1.82, 2.24) is 4.90 Å². The fourth-order valence-corrected chi connectivity index (χ4v) is 3.68. The van der Waals surface area contributed by atoms with E-state index in [1.54, 1.807) is 6.07 Å². The molecule has 1 aromatic carbocycles. The second kappa shape index (κ2) is 15.0. The number of unbranched alkanes of at least 4 members (excludes halogenated alkanes) is 4. The normalized spacial score (nSPS) is 17.7. The molecule has 0 saturated carbocycles. The Balaban J connectivity index is 0.000000409. The Morgan fingerprint density at radius 3 is 2.15 bits per heavy atom. The summed E-state index contributed by atoms with van der Waals surface area (Å²) in [7, 11) is 1.00. The number of rotatable bonds is 10. The third kappa shape index (κ3) is 10.0. The number of fused-ring (bicyclic) bond motifs is 1. The third-order valence-electron chi connectivity index (χ3n) is 5.49. The van der Waals surface area contributed by atoms with Crippen molar-refractivity contribution < 1.29 is 36.9 Å². The van der Waals surface area contributed by atoms with Gasteiger partial charge in [-0.25, -0.2) is 0 Å². The van der Waals surface area contributed by atoms with E-state index >= 15 is 0 Å². The standard InChI is InChI=1S/C15H17F4NO2.C8H17NO.CH4O/c16-14(17)15(18,19)22-13-10-11(5-6-12(13)21-14)4-3-9-20-7-1-2-8-20;1-2-3-4-5-6-7-8(9)10;1-2/h5-6,10H,1-4,7-9H2;2-7H2,1H3,(H2,9,10);2H,1H3. The van der Waals surface area contributed by atoms with E-state index in [1.807, 2.05) is 0 Å². The zero-order chi connectivity index (χ0) is 25.6. The van der Waals surface area contributed by atoms with Gasteiger partial charge in [0.2, 0.25) is 5.91 Å². The molecule has 2 heterocycles. The Morgan fingerprint density at radius 1 is 0.971 bits per heavy atom. The number of benzene rings is 1. The molecule has 2 aliphatic rings. The Kier molecular flexibility index (Phi) is 13.2. The van der Waals surface area contributed by atoms with E-state index in [-0.39, 0.29) is 17.4 Å². The maximum atomic E-state index is 13.1. The van der Waals surface area contributed by atoms with Crippen molar-refractivity contribution in [3.8, 4) is 11.5 Å². The summed E-state index contributed by atoms with van der Waals surface area (Å²) in [6.07, 6.45) is 1.11.